The molecule has 0 unspecified atom stereocenters. The molecule has 1 aliphatic heterocycles. The highest BCUT2D eigenvalue weighted by molar-refractivity contribution is 5.73. The van der Waals surface area contributed by atoms with Gasteiger partial charge in [-0.15, -0.1) is 0 Å². The van der Waals surface area contributed by atoms with Crippen LogP contribution in [0.3, 0.4) is 0 Å². The van der Waals surface area contributed by atoms with E-state index in [-0.39, 0.29) is 5.91 Å². The minimum atomic E-state index is 0.164. The fourth-order valence-corrected chi connectivity index (χ4v) is 1.68. The topological polar surface area (TPSA) is 40.6 Å². The summed E-state index contributed by atoms with van der Waals surface area (Å²) in [6, 6.07) is 0. The maximum Gasteiger partial charge on any atom is 0.219 e. The van der Waals surface area contributed by atoms with Crippen molar-refractivity contribution < 1.29 is 9.59 Å². The lowest BCUT2D eigenvalue weighted by atomic mass is 10.2. The highest BCUT2D eigenvalue weighted by Gasteiger charge is 2.17. The maximum absolute atomic E-state index is 11.0. The number of unbranched alkanes of at least 4 members (excludes halogenated alkanes) is 1. The maximum atomic E-state index is 11.0. The second-order valence-electron chi connectivity index (χ2n) is 3.66. The van der Waals surface area contributed by atoms with E-state index in [1.54, 1.807) is 6.92 Å². The van der Waals surface area contributed by atoms with Crippen molar-refractivity contribution in [2.45, 2.75) is 19.8 Å². The molecule has 1 heterocycles. The molecule has 0 atom stereocenters. The van der Waals surface area contributed by atoms with Crippen LogP contribution in [0.2, 0.25) is 0 Å². The lowest BCUT2D eigenvalue weighted by Crippen LogP contribution is -2.48. The first-order chi connectivity index (χ1) is 6.74. The van der Waals surface area contributed by atoms with Crippen LogP contribution in [0.1, 0.15) is 19.8 Å². The summed E-state index contributed by atoms with van der Waals surface area (Å²) in [7, 11) is 0. The summed E-state index contributed by atoms with van der Waals surface area (Å²) in [6.45, 7) is 6.14. The molecule has 80 valence electrons. The first-order valence-corrected chi connectivity index (χ1v) is 5.15. The molecule has 1 saturated heterocycles. The van der Waals surface area contributed by atoms with Gasteiger partial charge in [-0.25, -0.2) is 0 Å². The van der Waals surface area contributed by atoms with E-state index in [9.17, 15) is 9.59 Å². The zero-order chi connectivity index (χ0) is 10.4. The Morgan fingerprint density at radius 2 is 1.93 bits per heavy atom. The Bertz CT molecular complexity index is 198. The summed E-state index contributed by atoms with van der Waals surface area (Å²) in [5.74, 6) is 0.164. The highest BCUT2D eigenvalue weighted by atomic mass is 16.2. The smallest absolute Gasteiger partial charge is 0.219 e. The first kappa shape index (κ1) is 11.2. The van der Waals surface area contributed by atoms with Crippen molar-refractivity contribution in [2.24, 2.45) is 0 Å². The van der Waals surface area contributed by atoms with Crippen LogP contribution in [0, 0.1) is 0 Å². The van der Waals surface area contributed by atoms with Crippen molar-refractivity contribution in [3.63, 3.8) is 0 Å². The van der Waals surface area contributed by atoms with Gasteiger partial charge in [-0.3, -0.25) is 9.69 Å². The van der Waals surface area contributed by atoms with E-state index in [0.717, 1.165) is 45.4 Å². The van der Waals surface area contributed by atoms with Crippen LogP contribution in [0.4, 0.5) is 0 Å². The average Bonchev–Trinajstić information content (AvgIpc) is 2.19. The lowest BCUT2D eigenvalue weighted by Gasteiger charge is -2.34. The number of rotatable bonds is 4. The van der Waals surface area contributed by atoms with Crippen molar-refractivity contribution in [1.29, 1.82) is 0 Å². The van der Waals surface area contributed by atoms with Gasteiger partial charge in [0, 0.05) is 39.5 Å². The van der Waals surface area contributed by atoms with Crippen molar-refractivity contribution >= 4 is 12.2 Å². The lowest BCUT2D eigenvalue weighted by molar-refractivity contribution is -0.130. The molecule has 0 aromatic rings. The van der Waals surface area contributed by atoms with Crippen LogP contribution in [-0.4, -0.2) is 54.7 Å². The number of nitrogens with zero attached hydrogens (tertiary/aromatic N) is 2. The van der Waals surface area contributed by atoms with E-state index in [0.29, 0.717) is 6.42 Å². The fraction of sp³-hybridized carbons (Fsp3) is 0.800. The number of hydrogen-bond donors (Lipinski definition) is 0. The highest BCUT2D eigenvalue weighted by Crippen LogP contribution is 2.03. The van der Waals surface area contributed by atoms with Gasteiger partial charge in [0.15, 0.2) is 0 Å². The van der Waals surface area contributed by atoms with E-state index in [2.05, 4.69) is 4.90 Å². The minimum Gasteiger partial charge on any atom is -0.340 e. The number of hydrogen-bond acceptors (Lipinski definition) is 3. The van der Waals surface area contributed by atoms with Gasteiger partial charge in [0.2, 0.25) is 5.91 Å². The van der Waals surface area contributed by atoms with Crippen LogP contribution < -0.4 is 0 Å². The molecule has 0 bridgehead atoms. The third-order valence-corrected chi connectivity index (χ3v) is 2.61. The molecule has 1 aliphatic rings. The summed E-state index contributed by atoms with van der Waals surface area (Å²) in [5, 5.41) is 0. The summed E-state index contributed by atoms with van der Waals surface area (Å²) < 4.78 is 0. The van der Waals surface area contributed by atoms with E-state index in [1.165, 1.54) is 0 Å². The monoisotopic (exact) mass is 198 g/mol. The van der Waals surface area contributed by atoms with E-state index < -0.39 is 0 Å². The summed E-state index contributed by atoms with van der Waals surface area (Å²) in [5.41, 5.74) is 0. The molecule has 0 N–H and O–H groups in total. The number of carbonyl (C=O) groups excluding carboxylic acids is 2. The molecule has 0 spiro atoms. The molecule has 4 nitrogen and oxygen atoms in total. The number of piperazine rings is 1. The van der Waals surface area contributed by atoms with Crippen LogP contribution in [0.15, 0.2) is 0 Å². The quantitative estimate of drug-likeness (QED) is 0.476. The van der Waals surface area contributed by atoms with Crippen molar-refractivity contribution in [3.05, 3.63) is 0 Å². The normalized spacial score (nSPS) is 18.2. The van der Waals surface area contributed by atoms with Crippen LogP contribution >= 0.6 is 0 Å². The predicted molar refractivity (Wildman–Crippen MR) is 54.0 cm³/mol. The molecule has 0 saturated carbocycles. The van der Waals surface area contributed by atoms with E-state index in [1.807, 2.05) is 4.90 Å². The Balaban J connectivity index is 2.15. The third-order valence-electron chi connectivity index (χ3n) is 2.61. The van der Waals surface area contributed by atoms with Crippen molar-refractivity contribution in [3.8, 4) is 0 Å². The van der Waals surface area contributed by atoms with Crippen molar-refractivity contribution in [1.82, 2.24) is 9.80 Å². The first-order valence-electron chi connectivity index (χ1n) is 5.15. The van der Waals surface area contributed by atoms with Gasteiger partial charge in [-0.2, -0.15) is 0 Å². The molecule has 14 heavy (non-hydrogen) atoms. The Morgan fingerprint density at radius 3 is 2.43 bits per heavy atom. The minimum absolute atomic E-state index is 0.164. The van der Waals surface area contributed by atoms with Crippen molar-refractivity contribution in [2.75, 3.05) is 32.7 Å². The average molecular weight is 198 g/mol. The Morgan fingerprint density at radius 1 is 1.29 bits per heavy atom. The van der Waals surface area contributed by atoms with Gasteiger partial charge in [0.25, 0.3) is 0 Å². The SMILES string of the molecule is CC(=O)N1CCN(CCCC=O)CC1. The molecule has 4 heteroatoms. The molecule has 1 rings (SSSR count). The van der Waals surface area contributed by atoms with E-state index in [4.69, 9.17) is 0 Å². The molecule has 0 aromatic carbocycles. The zero-order valence-corrected chi connectivity index (χ0v) is 8.74. The number of carbonyl (C=O) groups is 2. The molecular weight excluding hydrogens is 180 g/mol. The summed E-state index contributed by atoms with van der Waals surface area (Å²) in [4.78, 5) is 25.3. The summed E-state index contributed by atoms with van der Waals surface area (Å²) >= 11 is 0. The molecule has 0 radical (unpaired) electrons. The molecule has 0 aliphatic carbocycles. The van der Waals surface area contributed by atoms with Gasteiger partial charge in [-0.1, -0.05) is 0 Å². The largest absolute Gasteiger partial charge is 0.340 e. The standard InChI is InChI=1S/C10H18N2O2/c1-10(14)12-7-5-11(6-8-12)4-2-3-9-13/h9H,2-8H2,1H3. The summed E-state index contributed by atoms with van der Waals surface area (Å²) in [6.07, 6.45) is 2.54. The van der Waals surface area contributed by atoms with Gasteiger partial charge < -0.3 is 9.69 Å². The van der Waals surface area contributed by atoms with Gasteiger partial charge in [-0.05, 0) is 13.0 Å². The van der Waals surface area contributed by atoms with Crippen LogP contribution in [0.25, 0.3) is 0 Å². The Labute approximate surface area is 84.9 Å². The third kappa shape index (κ3) is 3.46. The zero-order valence-electron chi connectivity index (χ0n) is 8.74. The van der Waals surface area contributed by atoms with Gasteiger partial charge in [0.05, 0.1) is 0 Å². The van der Waals surface area contributed by atoms with E-state index >= 15 is 0 Å². The molecule has 0 aromatic heterocycles. The van der Waals surface area contributed by atoms with Gasteiger partial charge >= 0.3 is 0 Å². The second-order valence-corrected chi connectivity index (χ2v) is 3.66. The van der Waals surface area contributed by atoms with Crippen LogP contribution in [-0.2, 0) is 9.59 Å². The number of amides is 1. The predicted octanol–water partition coefficient (Wildman–Crippen LogP) is 0.130. The second kappa shape index (κ2) is 5.75. The fourth-order valence-electron chi connectivity index (χ4n) is 1.68. The molecular formula is C10H18N2O2. The Hall–Kier alpha value is -0.900. The molecule has 1 amide bonds. The Kier molecular flexibility index (Phi) is 4.59. The van der Waals surface area contributed by atoms with Gasteiger partial charge in [0.1, 0.15) is 6.29 Å². The number of aldehydes is 1. The van der Waals surface area contributed by atoms with Crippen LogP contribution in [0.5, 0.6) is 0 Å². The molecule has 1 fully saturated rings.